The number of fused-ring (bicyclic) bond motifs is 16. The number of hydrogen-bond acceptors (Lipinski definition) is 24. The molecular weight excluding hydrogens is 2370 g/mol. The van der Waals surface area contributed by atoms with Crippen molar-refractivity contribution in [1.29, 1.82) is 0 Å². The second-order valence-electron chi connectivity index (χ2n) is 28.5. The number of aliphatic hydroxyl groups excluding tert-OH is 2. The molecule has 640 valence electrons. The fourth-order valence-corrected chi connectivity index (χ4v) is 21.2. The Balaban J connectivity index is 0.000000124. The molecule has 0 fully saturated rings. The molecule has 0 amide bonds. The Bertz CT molecular complexity index is 6440. The standard InChI is InChI=1S/2C22H12N3O2.2C22H12N2O3P.2C5H8O2.4Ir/c2*1-3-7-18-16(5-1)25-17-6-2-4-8-19(17)27-21-12-14(11-20(26-18)22(21)25)15-13-23-9-10-24-15;2*25-28-20-7-3-1-5-16(20)26-18-11-14(15-13-23-9-10-24-15)12-19(22(18)28)27-17-6-2-4-8-21(17)28;2*1-4(6)3-5(2)7;;;;/h2*1-11,13H;2*1-11,13H;2*3,6H,1-2H3;;;;/q4*-1;;;;;;. The van der Waals surface area contributed by atoms with Gasteiger partial charge in [0.15, 0.2) is 11.6 Å². The van der Waals surface area contributed by atoms with Crippen molar-refractivity contribution in [3.05, 3.63) is 341 Å². The number of para-hydroxylation sites is 12. The fraction of sp³-hybridized carbons (Fsp3) is 0.0408. The summed E-state index contributed by atoms with van der Waals surface area (Å²) in [4.78, 5) is 58.4. The van der Waals surface area contributed by atoms with Crippen molar-refractivity contribution < 1.29 is 147 Å². The average molecular weight is 2440 g/mol. The third-order valence-corrected chi connectivity index (χ3v) is 26.4. The molecule has 128 heavy (non-hydrogen) atoms. The van der Waals surface area contributed by atoms with Gasteiger partial charge in [-0.15, -0.1) is 22.3 Å². The molecule has 30 heteroatoms. The molecule has 2 unspecified atom stereocenters. The van der Waals surface area contributed by atoms with Crippen molar-refractivity contribution in [1.82, 2.24) is 39.9 Å². The van der Waals surface area contributed by atoms with Gasteiger partial charge in [0.05, 0.1) is 101 Å². The number of nitrogens with zero attached hydrogens (tertiary/aromatic N) is 10. The summed E-state index contributed by atoms with van der Waals surface area (Å²) in [6, 6.07) is 82.3. The van der Waals surface area contributed by atoms with Crippen LogP contribution >= 0.6 is 14.3 Å². The largest absolute Gasteiger partial charge is 0.512 e. The summed E-state index contributed by atoms with van der Waals surface area (Å²) >= 11 is 0. The van der Waals surface area contributed by atoms with Crippen LogP contribution in [0.2, 0.25) is 0 Å². The van der Waals surface area contributed by atoms with Crippen LogP contribution in [0.3, 0.4) is 0 Å². The molecule has 12 heterocycles. The van der Waals surface area contributed by atoms with E-state index in [9.17, 15) is 18.7 Å². The second kappa shape index (κ2) is 37.9. The summed E-state index contributed by atoms with van der Waals surface area (Å²) in [7, 11) is -6.29. The van der Waals surface area contributed by atoms with Gasteiger partial charge in [0.25, 0.3) is 0 Å². The van der Waals surface area contributed by atoms with Crippen LogP contribution < -0.4 is 79.5 Å². The van der Waals surface area contributed by atoms with Crippen LogP contribution in [0, 0.1) is 24.3 Å². The van der Waals surface area contributed by atoms with E-state index >= 15 is 0 Å². The van der Waals surface area contributed by atoms with E-state index in [1.807, 2.05) is 218 Å². The molecule has 12 aromatic carbocycles. The molecule has 0 bridgehead atoms. The maximum atomic E-state index is 14.6. The maximum absolute atomic E-state index is 14.6. The Morgan fingerprint density at radius 3 is 0.805 bits per heavy atom. The van der Waals surface area contributed by atoms with Crippen molar-refractivity contribution in [3.63, 3.8) is 0 Å². The van der Waals surface area contributed by atoms with E-state index in [2.05, 4.69) is 73.9 Å². The third kappa shape index (κ3) is 17.0. The van der Waals surface area contributed by atoms with Crippen LogP contribution in [0.4, 0.5) is 34.1 Å². The summed E-state index contributed by atoms with van der Waals surface area (Å²) in [6.45, 7) is 5.70. The first-order chi connectivity index (χ1) is 60.5. The first-order valence-electron chi connectivity index (χ1n) is 38.7. The Kier molecular flexibility index (Phi) is 26.5. The van der Waals surface area contributed by atoms with Crippen LogP contribution in [0.1, 0.15) is 27.7 Å². The summed E-state index contributed by atoms with van der Waals surface area (Å²) in [6.07, 6.45) is 22.1. The molecule has 4 aromatic heterocycles. The minimum Gasteiger partial charge on any atom is -0.512 e. The van der Waals surface area contributed by atoms with E-state index in [1.165, 1.54) is 39.8 Å². The van der Waals surface area contributed by atoms with Crippen molar-refractivity contribution in [2.75, 3.05) is 9.80 Å². The van der Waals surface area contributed by atoms with Crippen LogP contribution in [-0.2, 0) is 99.1 Å². The molecule has 0 saturated heterocycles. The molecule has 0 spiro atoms. The molecular formula is C98H64Ir4N10O14P2-4. The summed E-state index contributed by atoms with van der Waals surface area (Å²) < 4.78 is 78.5. The third-order valence-electron chi connectivity index (χ3n) is 20.1. The number of allylic oxidation sites excluding steroid dienone is 4. The molecule has 2 N–H and O–H groups in total. The number of benzene rings is 12. The molecule has 4 radical (unpaired) electrons. The van der Waals surface area contributed by atoms with Gasteiger partial charge in [-0.25, -0.2) is 0 Å². The van der Waals surface area contributed by atoms with E-state index in [4.69, 9.17) is 48.1 Å². The van der Waals surface area contributed by atoms with Crippen LogP contribution in [0.5, 0.6) is 92.0 Å². The van der Waals surface area contributed by atoms with E-state index in [0.29, 0.717) is 135 Å². The van der Waals surface area contributed by atoms with E-state index in [-0.39, 0.29) is 104 Å². The monoisotopic (exact) mass is 2440 g/mol. The zero-order valence-corrected chi connectivity index (χ0v) is 78.7. The Morgan fingerprint density at radius 1 is 0.305 bits per heavy atom. The Morgan fingerprint density at radius 2 is 0.539 bits per heavy atom. The molecule has 24 nitrogen and oxygen atoms in total. The van der Waals surface area contributed by atoms with Gasteiger partial charge in [-0.1, -0.05) is 146 Å². The van der Waals surface area contributed by atoms with Gasteiger partial charge in [0, 0.05) is 212 Å². The molecule has 2 atom stereocenters. The molecule has 24 rings (SSSR count). The van der Waals surface area contributed by atoms with Crippen molar-refractivity contribution in [3.8, 4) is 137 Å². The number of hydrogen-bond donors (Lipinski definition) is 2. The number of aromatic nitrogens is 8. The molecule has 8 aliphatic heterocycles. The summed E-state index contributed by atoms with van der Waals surface area (Å²) in [5.74, 6) is 9.84. The van der Waals surface area contributed by atoms with Crippen LogP contribution in [-0.4, -0.2) is 61.7 Å². The second-order valence-corrected chi connectivity index (χ2v) is 33.8. The van der Waals surface area contributed by atoms with E-state index in [0.717, 1.165) is 68.2 Å². The normalized spacial score (nSPS) is 14.7. The summed E-state index contributed by atoms with van der Waals surface area (Å²) in [5, 5.41) is 20.6. The average Bonchev–Trinajstić information content (AvgIpc) is 0.737. The van der Waals surface area contributed by atoms with Crippen molar-refractivity contribution in [2.45, 2.75) is 27.7 Å². The zero-order chi connectivity index (χ0) is 84.7. The molecule has 0 saturated carbocycles. The smallest absolute Gasteiger partial charge is 0.155 e. The van der Waals surface area contributed by atoms with Gasteiger partial charge in [0.1, 0.15) is 60.3 Å². The van der Waals surface area contributed by atoms with Gasteiger partial charge in [-0.3, -0.25) is 29.5 Å². The first kappa shape index (κ1) is 89.3. The molecule has 0 aliphatic carbocycles. The van der Waals surface area contributed by atoms with Gasteiger partial charge < -0.3 is 87.0 Å². The Hall–Kier alpha value is -13.6. The quantitative estimate of drug-likeness (QED) is 0.0676. The number of ketones is 2. The van der Waals surface area contributed by atoms with Crippen molar-refractivity contribution >= 4 is 91.8 Å². The summed E-state index contributed by atoms with van der Waals surface area (Å²) in [5.41, 5.74) is 11.2. The van der Waals surface area contributed by atoms with Gasteiger partial charge in [0.2, 0.25) is 0 Å². The minimum atomic E-state index is -3.14. The van der Waals surface area contributed by atoms with Crippen molar-refractivity contribution in [2.24, 2.45) is 0 Å². The maximum Gasteiger partial charge on any atom is 0.155 e. The van der Waals surface area contributed by atoms with E-state index in [1.54, 1.807) is 74.4 Å². The number of anilines is 6. The predicted molar refractivity (Wildman–Crippen MR) is 468 cm³/mol. The Labute approximate surface area is 787 Å². The van der Waals surface area contributed by atoms with Gasteiger partial charge in [-0.2, -0.15) is 0 Å². The SMILES string of the molecule is CC(=O)C=C(C)O.CC(=O)C=C(C)O.O=P12c3ccccc3Oc3[c-]c(-c4cnccn4)cc(c31)Oc1ccccc12.O=P12c3ccccc3Oc3[c-]c(-c4cnccn4)cc(c31)Oc1ccccc12.[Ir].[Ir].[Ir].[Ir].[c-]1c(-c2cnccn2)cc2c3c1Oc1ccccc1N3c1ccccc1O2.[c-]1c(-c2cnccn2)cc2c3c1Oc1ccccc1N3c1ccccc1O2. The zero-order valence-electron chi connectivity index (χ0n) is 67.4. The van der Waals surface area contributed by atoms with Crippen LogP contribution in [0.25, 0.3) is 45.0 Å². The number of carbonyl (C=O) groups is 2. The van der Waals surface area contributed by atoms with E-state index < -0.39 is 14.3 Å². The first-order valence-corrected chi connectivity index (χ1v) is 42.1. The minimum absolute atomic E-state index is 0. The fourth-order valence-electron chi connectivity index (χ4n) is 15.2. The number of aliphatic hydroxyl groups is 2. The molecule has 8 aliphatic rings. The number of rotatable bonds is 6. The van der Waals surface area contributed by atoms with Gasteiger partial charge in [-0.05, 0) is 125 Å². The number of carbonyl (C=O) groups excluding carboxylic acids is 2. The van der Waals surface area contributed by atoms with Crippen LogP contribution in [0.15, 0.2) is 316 Å². The number of ether oxygens (including phenoxy) is 8. The van der Waals surface area contributed by atoms with Gasteiger partial charge >= 0.3 is 0 Å². The topological polar surface area (TPSA) is 292 Å². The predicted octanol–water partition coefficient (Wildman–Crippen LogP) is 20.9. The molecule has 16 aromatic rings.